The van der Waals surface area contributed by atoms with Gasteiger partial charge >= 0.3 is 0 Å². The summed E-state index contributed by atoms with van der Waals surface area (Å²) in [7, 11) is 0. The Kier molecular flexibility index (Phi) is 5.20. The van der Waals surface area contributed by atoms with Crippen molar-refractivity contribution < 1.29 is 0 Å². The van der Waals surface area contributed by atoms with E-state index in [9.17, 15) is 0 Å². The van der Waals surface area contributed by atoms with Crippen molar-refractivity contribution in [2.75, 3.05) is 0 Å². The van der Waals surface area contributed by atoms with Crippen molar-refractivity contribution in [3.63, 3.8) is 0 Å². The van der Waals surface area contributed by atoms with E-state index in [0.29, 0.717) is 0 Å². The average Bonchev–Trinajstić information content (AvgIpc) is 3.47. The summed E-state index contributed by atoms with van der Waals surface area (Å²) in [4.78, 5) is 10.0. The number of pyridine rings is 2. The van der Waals surface area contributed by atoms with E-state index in [2.05, 4.69) is 150 Å². The fourth-order valence-corrected chi connectivity index (χ4v) is 6.65. The first-order valence-corrected chi connectivity index (χ1v) is 14.6. The Bertz CT molecular complexity index is 2480. The highest BCUT2D eigenvalue weighted by Crippen LogP contribution is 2.38. The number of aromatic nitrogens is 3. The molecule has 0 unspecified atom stereocenters. The van der Waals surface area contributed by atoms with Crippen LogP contribution in [-0.4, -0.2) is 14.4 Å². The number of hydrogen-bond acceptors (Lipinski definition) is 2. The van der Waals surface area contributed by atoms with E-state index < -0.39 is 0 Å². The normalized spacial score (nSPS) is 11.7. The molecule has 0 saturated carbocycles. The Balaban J connectivity index is 1.23. The molecule has 0 atom stereocenters. The first-order valence-electron chi connectivity index (χ1n) is 14.6. The molecule has 0 aliphatic carbocycles. The molecule has 3 heteroatoms. The van der Waals surface area contributed by atoms with Crippen LogP contribution < -0.4 is 0 Å². The molecule has 3 nitrogen and oxygen atoms in total. The van der Waals surface area contributed by atoms with Crippen molar-refractivity contribution >= 4 is 48.6 Å². The van der Waals surface area contributed by atoms with Crippen molar-refractivity contribution in [1.29, 1.82) is 0 Å². The highest BCUT2D eigenvalue weighted by molar-refractivity contribution is 6.25. The van der Waals surface area contributed by atoms with E-state index in [4.69, 9.17) is 9.97 Å². The van der Waals surface area contributed by atoms with Gasteiger partial charge in [0.2, 0.25) is 0 Å². The van der Waals surface area contributed by atoms with Crippen LogP contribution >= 0.6 is 0 Å². The molecule has 0 amide bonds. The van der Waals surface area contributed by atoms with Gasteiger partial charge in [-0.15, -0.1) is 0 Å². The number of fused-ring (bicyclic) bond motifs is 8. The second kappa shape index (κ2) is 9.37. The van der Waals surface area contributed by atoms with Crippen LogP contribution in [0.5, 0.6) is 0 Å². The molecule has 3 heterocycles. The molecule has 3 aromatic heterocycles. The lowest BCUT2D eigenvalue weighted by molar-refractivity contribution is 1.16. The molecule has 43 heavy (non-hydrogen) atoms. The third-order valence-electron chi connectivity index (χ3n) is 8.64. The molecular formula is C40H25N3. The zero-order valence-corrected chi connectivity index (χ0v) is 23.3. The topological polar surface area (TPSA) is 30.2 Å². The van der Waals surface area contributed by atoms with Crippen molar-refractivity contribution in [1.82, 2.24) is 14.4 Å². The van der Waals surface area contributed by atoms with Gasteiger partial charge in [-0.1, -0.05) is 109 Å². The predicted molar refractivity (Wildman–Crippen MR) is 179 cm³/mol. The summed E-state index contributed by atoms with van der Waals surface area (Å²) in [5, 5.41) is 9.96. The van der Waals surface area contributed by atoms with Crippen LogP contribution in [0.25, 0.3) is 82.5 Å². The second-order valence-corrected chi connectivity index (χ2v) is 11.1. The van der Waals surface area contributed by atoms with Gasteiger partial charge in [0, 0.05) is 23.3 Å². The van der Waals surface area contributed by atoms with E-state index in [0.717, 1.165) is 44.6 Å². The largest absolute Gasteiger partial charge is 0.299 e. The van der Waals surface area contributed by atoms with Gasteiger partial charge in [-0.2, -0.15) is 0 Å². The van der Waals surface area contributed by atoms with Crippen LogP contribution in [0.15, 0.2) is 152 Å². The molecule has 0 bridgehead atoms. The van der Waals surface area contributed by atoms with Gasteiger partial charge in [-0.05, 0) is 79.2 Å². The van der Waals surface area contributed by atoms with Crippen molar-refractivity contribution in [2.45, 2.75) is 0 Å². The van der Waals surface area contributed by atoms with Crippen molar-refractivity contribution in [2.24, 2.45) is 0 Å². The van der Waals surface area contributed by atoms with Gasteiger partial charge < -0.3 is 0 Å². The summed E-state index contributed by atoms with van der Waals surface area (Å²) in [6.45, 7) is 0. The molecule has 200 valence electrons. The molecule has 0 fully saturated rings. The van der Waals surface area contributed by atoms with E-state index in [-0.39, 0.29) is 0 Å². The Hall–Kier alpha value is -5.80. The van der Waals surface area contributed by atoms with Gasteiger partial charge in [0.15, 0.2) is 0 Å². The SMILES string of the molecule is c1cc(-c2ccc3c4ccccc4c4ccccc4c3c2)cc(-c2nc(-c3nccc4ccccc34)c3ccccn23)c1. The van der Waals surface area contributed by atoms with E-state index in [1.165, 1.54) is 37.9 Å². The lowest BCUT2D eigenvalue weighted by atomic mass is 9.92. The second-order valence-electron chi connectivity index (χ2n) is 11.1. The predicted octanol–water partition coefficient (Wildman–Crippen LogP) is 10.3. The van der Waals surface area contributed by atoms with Gasteiger partial charge in [-0.3, -0.25) is 9.38 Å². The summed E-state index contributed by atoms with van der Waals surface area (Å²) in [5.41, 5.74) is 6.24. The van der Waals surface area contributed by atoms with Crippen LogP contribution in [0.1, 0.15) is 0 Å². The summed E-state index contributed by atoms with van der Waals surface area (Å²) in [6, 6.07) is 49.7. The van der Waals surface area contributed by atoms with Crippen LogP contribution in [0.2, 0.25) is 0 Å². The summed E-state index contributed by atoms with van der Waals surface area (Å²) in [6.07, 6.45) is 3.96. The maximum Gasteiger partial charge on any atom is 0.145 e. The lowest BCUT2D eigenvalue weighted by Gasteiger charge is -2.12. The molecule has 0 saturated heterocycles. The minimum absolute atomic E-state index is 0.891. The molecule has 0 radical (unpaired) electrons. The number of nitrogens with zero attached hydrogens (tertiary/aromatic N) is 3. The molecule has 0 spiro atoms. The van der Waals surface area contributed by atoms with Crippen LogP contribution in [0, 0.1) is 0 Å². The molecule has 6 aromatic carbocycles. The van der Waals surface area contributed by atoms with E-state index >= 15 is 0 Å². The van der Waals surface area contributed by atoms with E-state index in [1.54, 1.807) is 0 Å². The third kappa shape index (κ3) is 3.68. The average molecular weight is 548 g/mol. The van der Waals surface area contributed by atoms with Gasteiger partial charge in [0.1, 0.15) is 11.5 Å². The van der Waals surface area contributed by atoms with Gasteiger partial charge in [-0.25, -0.2) is 4.98 Å². The standard InChI is InChI=1S/C40H25N3/c1-2-13-30-26(10-1)21-22-41-38(30)39-37-18-7-8-23-43(37)40(42-39)29-12-9-11-27(24-29)28-19-20-35-33-16-4-3-14-31(33)32-15-5-6-17-34(32)36(35)25-28/h1-25H. The fourth-order valence-electron chi connectivity index (χ4n) is 6.65. The van der Waals surface area contributed by atoms with Crippen molar-refractivity contribution in [3.8, 4) is 33.9 Å². The molecule has 9 aromatic rings. The summed E-state index contributed by atoms with van der Waals surface area (Å²) in [5.74, 6) is 0.902. The summed E-state index contributed by atoms with van der Waals surface area (Å²) < 4.78 is 2.18. The van der Waals surface area contributed by atoms with Gasteiger partial charge in [0.05, 0.1) is 11.2 Å². The first kappa shape index (κ1) is 23.9. The molecule has 9 rings (SSSR count). The summed E-state index contributed by atoms with van der Waals surface area (Å²) >= 11 is 0. The Labute approximate surface area is 248 Å². The van der Waals surface area contributed by atoms with Crippen LogP contribution in [-0.2, 0) is 0 Å². The number of imidazole rings is 1. The molecular weight excluding hydrogens is 522 g/mol. The monoisotopic (exact) mass is 547 g/mol. The Morgan fingerprint density at radius 1 is 0.419 bits per heavy atom. The number of rotatable bonds is 3. The number of hydrogen-bond donors (Lipinski definition) is 0. The maximum absolute atomic E-state index is 5.24. The van der Waals surface area contributed by atoms with Crippen LogP contribution in [0.3, 0.4) is 0 Å². The third-order valence-corrected chi connectivity index (χ3v) is 8.64. The number of benzene rings is 6. The fraction of sp³-hybridized carbons (Fsp3) is 0. The minimum Gasteiger partial charge on any atom is -0.299 e. The van der Waals surface area contributed by atoms with E-state index in [1.807, 2.05) is 6.20 Å². The lowest BCUT2D eigenvalue weighted by Crippen LogP contribution is -1.89. The first-order chi connectivity index (χ1) is 21.3. The minimum atomic E-state index is 0.891. The Morgan fingerprint density at radius 3 is 1.84 bits per heavy atom. The smallest absolute Gasteiger partial charge is 0.145 e. The quantitative estimate of drug-likeness (QED) is 0.206. The van der Waals surface area contributed by atoms with Gasteiger partial charge in [0.25, 0.3) is 0 Å². The van der Waals surface area contributed by atoms with Crippen LogP contribution in [0.4, 0.5) is 0 Å². The molecule has 0 aliphatic heterocycles. The molecule has 0 aliphatic rings. The maximum atomic E-state index is 5.24. The Morgan fingerprint density at radius 2 is 1.05 bits per heavy atom. The highest BCUT2D eigenvalue weighted by Gasteiger charge is 2.18. The van der Waals surface area contributed by atoms with Crippen molar-refractivity contribution in [3.05, 3.63) is 152 Å². The zero-order chi connectivity index (χ0) is 28.3. The molecule has 0 N–H and O–H groups in total. The zero-order valence-electron chi connectivity index (χ0n) is 23.3. The highest BCUT2D eigenvalue weighted by atomic mass is 15.0.